The molecule has 2 aromatic heterocycles. The molecular weight excluding hydrogens is 214 g/mol. The lowest BCUT2D eigenvalue weighted by atomic mass is 10.1. The highest BCUT2D eigenvalue weighted by Gasteiger charge is 2.08. The SMILES string of the molecule is COc1ccc2[nH]c3c(C)nc(N)cc3c2c1. The van der Waals surface area contributed by atoms with Crippen LogP contribution in [-0.2, 0) is 0 Å². The van der Waals surface area contributed by atoms with Crippen LogP contribution in [0.5, 0.6) is 5.75 Å². The number of H-pyrrole nitrogens is 1. The van der Waals surface area contributed by atoms with Gasteiger partial charge in [-0.2, -0.15) is 0 Å². The number of nitrogens with zero attached hydrogens (tertiary/aromatic N) is 1. The van der Waals surface area contributed by atoms with Gasteiger partial charge >= 0.3 is 0 Å². The molecule has 0 saturated heterocycles. The molecule has 1 aromatic carbocycles. The number of aryl methyl sites for hydroxylation is 1. The number of methoxy groups -OCH3 is 1. The molecule has 0 aliphatic heterocycles. The Bertz CT molecular complexity index is 715. The lowest BCUT2D eigenvalue weighted by Gasteiger charge is -1.99. The first-order valence-corrected chi connectivity index (χ1v) is 5.41. The van der Waals surface area contributed by atoms with Crippen molar-refractivity contribution in [2.45, 2.75) is 6.92 Å². The zero-order chi connectivity index (χ0) is 12.0. The van der Waals surface area contributed by atoms with E-state index in [0.717, 1.165) is 33.2 Å². The topological polar surface area (TPSA) is 63.9 Å². The molecule has 2 heterocycles. The molecule has 0 amide bonds. The molecule has 0 unspecified atom stereocenters. The third-order valence-corrected chi connectivity index (χ3v) is 3.00. The Morgan fingerprint density at radius 3 is 2.82 bits per heavy atom. The highest BCUT2D eigenvalue weighted by Crippen LogP contribution is 2.30. The molecule has 0 bridgehead atoms. The number of nitrogens with one attached hydrogen (secondary N) is 1. The fourth-order valence-corrected chi connectivity index (χ4v) is 2.18. The van der Waals surface area contributed by atoms with Gasteiger partial charge in [0.1, 0.15) is 11.6 Å². The van der Waals surface area contributed by atoms with Gasteiger partial charge in [0, 0.05) is 16.3 Å². The average molecular weight is 227 g/mol. The van der Waals surface area contributed by atoms with Crippen LogP contribution in [0.1, 0.15) is 5.69 Å². The minimum absolute atomic E-state index is 0.540. The van der Waals surface area contributed by atoms with Crippen LogP contribution in [0.15, 0.2) is 24.3 Å². The van der Waals surface area contributed by atoms with Crippen LogP contribution in [0.25, 0.3) is 21.8 Å². The number of aromatic nitrogens is 2. The van der Waals surface area contributed by atoms with Crippen LogP contribution in [0.2, 0.25) is 0 Å². The molecular formula is C13H13N3O. The van der Waals surface area contributed by atoms with Crippen LogP contribution in [-0.4, -0.2) is 17.1 Å². The Morgan fingerprint density at radius 1 is 1.24 bits per heavy atom. The van der Waals surface area contributed by atoms with E-state index in [4.69, 9.17) is 10.5 Å². The first-order valence-electron chi connectivity index (χ1n) is 5.41. The van der Waals surface area contributed by atoms with E-state index < -0.39 is 0 Å². The number of fused-ring (bicyclic) bond motifs is 3. The van der Waals surface area contributed by atoms with Gasteiger partial charge in [-0.1, -0.05) is 0 Å². The molecule has 86 valence electrons. The van der Waals surface area contributed by atoms with Gasteiger partial charge in [-0.05, 0) is 31.2 Å². The first-order chi connectivity index (χ1) is 8.19. The molecule has 3 N–H and O–H groups in total. The van der Waals surface area contributed by atoms with E-state index in [-0.39, 0.29) is 0 Å². The van der Waals surface area contributed by atoms with Crippen LogP contribution in [0.4, 0.5) is 5.82 Å². The summed E-state index contributed by atoms with van der Waals surface area (Å²) in [5, 5.41) is 2.19. The van der Waals surface area contributed by atoms with Crippen molar-refractivity contribution in [1.29, 1.82) is 0 Å². The maximum Gasteiger partial charge on any atom is 0.124 e. The number of hydrogen-bond donors (Lipinski definition) is 2. The molecule has 0 atom stereocenters. The van der Waals surface area contributed by atoms with Crippen molar-refractivity contribution in [3.05, 3.63) is 30.0 Å². The Morgan fingerprint density at radius 2 is 2.06 bits per heavy atom. The number of rotatable bonds is 1. The van der Waals surface area contributed by atoms with Gasteiger partial charge in [-0.15, -0.1) is 0 Å². The molecule has 0 aliphatic carbocycles. The van der Waals surface area contributed by atoms with Crippen molar-refractivity contribution < 1.29 is 4.74 Å². The number of ether oxygens (including phenoxy) is 1. The van der Waals surface area contributed by atoms with E-state index in [9.17, 15) is 0 Å². The summed E-state index contributed by atoms with van der Waals surface area (Å²) in [6.45, 7) is 1.95. The minimum Gasteiger partial charge on any atom is -0.497 e. The van der Waals surface area contributed by atoms with Crippen molar-refractivity contribution in [2.24, 2.45) is 0 Å². The zero-order valence-electron chi connectivity index (χ0n) is 9.74. The maximum atomic E-state index is 5.79. The summed E-state index contributed by atoms with van der Waals surface area (Å²) in [5.74, 6) is 1.38. The van der Waals surface area contributed by atoms with Gasteiger partial charge in [-0.3, -0.25) is 0 Å². The smallest absolute Gasteiger partial charge is 0.124 e. The summed E-state index contributed by atoms with van der Waals surface area (Å²) in [6, 6.07) is 7.83. The number of benzene rings is 1. The van der Waals surface area contributed by atoms with Crippen molar-refractivity contribution in [3.63, 3.8) is 0 Å². The molecule has 0 radical (unpaired) electrons. The van der Waals surface area contributed by atoms with E-state index in [1.165, 1.54) is 0 Å². The van der Waals surface area contributed by atoms with E-state index in [1.807, 2.05) is 31.2 Å². The predicted molar refractivity (Wildman–Crippen MR) is 69.3 cm³/mol. The number of aromatic amines is 1. The van der Waals surface area contributed by atoms with Crippen LogP contribution in [0, 0.1) is 6.92 Å². The molecule has 3 rings (SSSR count). The van der Waals surface area contributed by atoms with Crippen LogP contribution >= 0.6 is 0 Å². The monoisotopic (exact) mass is 227 g/mol. The van der Waals surface area contributed by atoms with Crippen molar-refractivity contribution >= 4 is 27.6 Å². The second-order valence-corrected chi connectivity index (χ2v) is 4.09. The summed E-state index contributed by atoms with van der Waals surface area (Å²) in [7, 11) is 1.66. The lowest BCUT2D eigenvalue weighted by molar-refractivity contribution is 0.415. The van der Waals surface area contributed by atoms with Gasteiger partial charge in [-0.25, -0.2) is 4.98 Å². The van der Waals surface area contributed by atoms with E-state index >= 15 is 0 Å². The van der Waals surface area contributed by atoms with Crippen molar-refractivity contribution in [1.82, 2.24) is 9.97 Å². The molecule has 0 fully saturated rings. The van der Waals surface area contributed by atoms with Crippen molar-refractivity contribution in [2.75, 3.05) is 12.8 Å². The molecule has 3 aromatic rings. The number of nitrogens with two attached hydrogens (primary N) is 1. The summed E-state index contributed by atoms with van der Waals surface area (Å²) < 4.78 is 5.24. The third kappa shape index (κ3) is 1.41. The maximum absolute atomic E-state index is 5.79. The van der Waals surface area contributed by atoms with Gasteiger partial charge < -0.3 is 15.5 Å². The number of pyridine rings is 1. The largest absolute Gasteiger partial charge is 0.497 e. The molecule has 0 aliphatic rings. The normalized spacial score (nSPS) is 11.2. The second-order valence-electron chi connectivity index (χ2n) is 4.09. The highest BCUT2D eigenvalue weighted by molar-refractivity contribution is 6.09. The van der Waals surface area contributed by atoms with Crippen molar-refractivity contribution in [3.8, 4) is 5.75 Å². The van der Waals surface area contributed by atoms with Gasteiger partial charge in [0.2, 0.25) is 0 Å². The fourth-order valence-electron chi connectivity index (χ4n) is 2.18. The Kier molecular flexibility index (Phi) is 1.98. The Balaban J connectivity index is 2.48. The standard InChI is InChI=1S/C13H13N3O/c1-7-13-10(6-12(14)15-7)9-5-8(17-2)3-4-11(9)16-13/h3-6,16H,1-2H3,(H2,14,15). The van der Waals surface area contributed by atoms with Crippen LogP contribution < -0.4 is 10.5 Å². The number of anilines is 1. The minimum atomic E-state index is 0.540. The summed E-state index contributed by atoms with van der Waals surface area (Å²) >= 11 is 0. The molecule has 17 heavy (non-hydrogen) atoms. The van der Waals surface area contributed by atoms with E-state index in [1.54, 1.807) is 7.11 Å². The number of hydrogen-bond acceptors (Lipinski definition) is 3. The van der Waals surface area contributed by atoms with Crippen LogP contribution in [0.3, 0.4) is 0 Å². The Hall–Kier alpha value is -2.23. The summed E-state index contributed by atoms with van der Waals surface area (Å²) in [4.78, 5) is 7.61. The first kappa shape index (κ1) is 9.96. The summed E-state index contributed by atoms with van der Waals surface area (Å²) in [5.41, 5.74) is 8.80. The highest BCUT2D eigenvalue weighted by atomic mass is 16.5. The zero-order valence-corrected chi connectivity index (χ0v) is 9.74. The molecule has 0 saturated carbocycles. The number of nitrogen functional groups attached to an aromatic ring is 1. The predicted octanol–water partition coefficient (Wildman–Crippen LogP) is 2.62. The van der Waals surface area contributed by atoms with Gasteiger partial charge in [0.05, 0.1) is 18.3 Å². The Labute approximate surface area is 98.4 Å². The molecule has 0 spiro atoms. The van der Waals surface area contributed by atoms with Gasteiger partial charge in [0.25, 0.3) is 0 Å². The molecule has 4 heteroatoms. The lowest BCUT2D eigenvalue weighted by Crippen LogP contribution is -1.92. The molecule has 4 nitrogen and oxygen atoms in total. The van der Waals surface area contributed by atoms with Gasteiger partial charge in [0.15, 0.2) is 0 Å². The van der Waals surface area contributed by atoms with E-state index in [2.05, 4.69) is 9.97 Å². The van der Waals surface area contributed by atoms with E-state index in [0.29, 0.717) is 5.82 Å². The third-order valence-electron chi connectivity index (χ3n) is 3.00. The fraction of sp³-hybridized carbons (Fsp3) is 0.154. The summed E-state index contributed by atoms with van der Waals surface area (Å²) in [6.07, 6.45) is 0. The average Bonchev–Trinajstić information content (AvgIpc) is 2.67. The second kappa shape index (κ2) is 3.38. The quantitative estimate of drug-likeness (QED) is 0.671.